The second kappa shape index (κ2) is 7.14. The van der Waals surface area contributed by atoms with Crippen molar-refractivity contribution in [2.45, 2.75) is 45.1 Å². The smallest absolute Gasteiger partial charge is 0.299 e. The van der Waals surface area contributed by atoms with Gasteiger partial charge in [-0.1, -0.05) is 6.08 Å². The van der Waals surface area contributed by atoms with Crippen LogP contribution in [0.3, 0.4) is 0 Å². The normalized spacial score (nSPS) is 22.3. The maximum absolute atomic E-state index is 13.2. The van der Waals surface area contributed by atoms with Crippen molar-refractivity contribution in [2.24, 2.45) is 5.92 Å². The Kier molecular flexibility index (Phi) is 5.02. The first-order chi connectivity index (χ1) is 12.4. The lowest BCUT2D eigenvalue weighted by molar-refractivity contribution is 0.379. The van der Waals surface area contributed by atoms with Crippen molar-refractivity contribution in [2.75, 3.05) is 11.5 Å². The molecular weight excluding hydrogens is 418 g/mol. The number of hydrogen-bond donors (Lipinski definition) is 2. The van der Waals surface area contributed by atoms with E-state index in [2.05, 4.69) is 27.0 Å². The molecule has 0 saturated carbocycles. The Bertz CT molecular complexity index is 908. The summed E-state index contributed by atoms with van der Waals surface area (Å²) < 4.78 is 24.1. The van der Waals surface area contributed by atoms with Gasteiger partial charge in [0.05, 0.1) is 5.52 Å². The standard InChI is InChI=1S/C18H24BrN3O3S/c19-14-10-16-17(20-11-14)22(15-4-2-1-3-5-15)18(23)21(16)12-13-6-8-26(24,25)9-7-13/h4,10-11,13,24-25H,1-3,5-9,12H2. The maximum Gasteiger partial charge on any atom is 0.334 e. The molecule has 0 unspecified atom stereocenters. The molecule has 4 rings (SSSR count). The maximum atomic E-state index is 13.2. The lowest BCUT2D eigenvalue weighted by atomic mass is 10.0. The molecule has 2 N–H and O–H groups in total. The van der Waals surface area contributed by atoms with E-state index in [4.69, 9.17) is 0 Å². The van der Waals surface area contributed by atoms with Gasteiger partial charge in [-0.05, 0) is 66.4 Å². The zero-order valence-electron chi connectivity index (χ0n) is 14.6. The van der Waals surface area contributed by atoms with E-state index in [1.54, 1.807) is 10.8 Å². The minimum absolute atomic E-state index is 0.0315. The first-order valence-electron chi connectivity index (χ1n) is 9.14. The highest BCUT2D eigenvalue weighted by molar-refractivity contribution is 9.10. The molecule has 2 aromatic heterocycles. The summed E-state index contributed by atoms with van der Waals surface area (Å²) >= 11 is 3.47. The summed E-state index contributed by atoms with van der Waals surface area (Å²) in [6.45, 7) is 0.600. The van der Waals surface area contributed by atoms with Gasteiger partial charge in [-0.2, -0.15) is 10.6 Å². The van der Waals surface area contributed by atoms with Crippen LogP contribution < -0.4 is 5.69 Å². The van der Waals surface area contributed by atoms with Gasteiger partial charge < -0.3 is 0 Å². The van der Waals surface area contributed by atoms with E-state index in [1.165, 1.54) is 6.42 Å². The van der Waals surface area contributed by atoms with Crippen LogP contribution in [0.1, 0.15) is 38.5 Å². The quantitative estimate of drug-likeness (QED) is 0.732. The third kappa shape index (κ3) is 3.52. The Labute approximate surface area is 162 Å². The number of halogens is 1. The van der Waals surface area contributed by atoms with Gasteiger partial charge in [0.1, 0.15) is 0 Å². The summed E-state index contributed by atoms with van der Waals surface area (Å²) in [4.78, 5) is 17.8. The molecule has 2 aromatic rings. The minimum Gasteiger partial charge on any atom is -0.299 e. The number of rotatable bonds is 3. The second-order valence-electron chi connectivity index (χ2n) is 7.32. The Morgan fingerprint density at radius 3 is 2.73 bits per heavy atom. The van der Waals surface area contributed by atoms with E-state index in [0.717, 1.165) is 47.8 Å². The molecule has 142 valence electrons. The Balaban J connectivity index is 1.74. The first-order valence-corrected chi connectivity index (χ1v) is 11.8. The van der Waals surface area contributed by atoms with Crippen molar-refractivity contribution in [1.82, 2.24) is 14.1 Å². The predicted octanol–water partition coefficient (Wildman–Crippen LogP) is 4.54. The van der Waals surface area contributed by atoms with Crippen LogP contribution in [-0.2, 0) is 6.54 Å². The number of imidazole rings is 1. The summed E-state index contributed by atoms with van der Waals surface area (Å²) in [6, 6.07) is 1.96. The Morgan fingerprint density at radius 2 is 2.04 bits per heavy atom. The van der Waals surface area contributed by atoms with Crippen molar-refractivity contribution in [3.8, 4) is 0 Å². The summed E-state index contributed by atoms with van der Waals surface area (Å²) in [5.74, 6) is 1.17. The van der Waals surface area contributed by atoms with E-state index in [9.17, 15) is 13.9 Å². The highest BCUT2D eigenvalue weighted by Crippen LogP contribution is 2.46. The molecule has 1 saturated heterocycles. The third-order valence-electron chi connectivity index (χ3n) is 5.44. The molecule has 0 bridgehead atoms. The highest BCUT2D eigenvalue weighted by atomic mass is 79.9. The SMILES string of the molecule is O=c1n(CC2CCS(O)(O)CC2)c2cc(Br)cnc2n1C1=CCCCC1. The van der Waals surface area contributed by atoms with E-state index in [-0.39, 0.29) is 11.6 Å². The molecule has 3 heterocycles. The lowest BCUT2D eigenvalue weighted by Crippen LogP contribution is -2.30. The van der Waals surface area contributed by atoms with Crippen molar-refractivity contribution < 1.29 is 9.11 Å². The van der Waals surface area contributed by atoms with Crippen molar-refractivity contribution >= 4 is 43.4 Å². The van der Waals surface area contributed by atoms with Crippen LogP contribution in [0.25, 0.3) is 16.9 Å². The Morgan fingerprint density at radius 1 is 1.27 bits per heavy atom. The molecule has 0 atom stereocenters. The van der Waals surface area contributed by atoms with Crippen LogP contribution in [-0.4, -0.2) is 34.7 Å². The van der Waals surface area contributed by atoms with Crippen LogP contribution in [0.5, 0.6) is 0 Å². The largest absolute Gasteiger partial charge is 0.334 e. The number of hydrogen-bond acceptors (Lipinski definition) is 4. The summed E-state index contributed by atoms with van der Waals surface area (Å²) in [5, 5.41) is 0. The lowest BCUT2D eigenvalue weighted by Gasteiger charge is -2.39. The number of fused-ring (bicyclic) bond motifs is 1. The van der Waals surface area contributed by atoms with E-state index < -0.39 is 10.6 Å². The van der Waals surface area contributed by atoms with Crippen LogP contribution in [0.15, 0.2) is 27.6 Å². The molecule has 2 aliphatic rings. The molecule has 1 fully saturated rings. The number of allylic oxidation sites excluding steroid dienone is 2. The topological polar surface area (TPSA) is 80.3 Å². The fraction of sp³-hybridized carbons (Fsp3) is 0.556. The zero-order valence-corrected chi connectivity index (χ0v) is 17.0. The number of aromatic nitrogens is 3. The van der Waals surface area contributed by atoms with Gasteiger partial charge in [0.2, 0.25) is 0 Å². The molecule has 0 amide bonds. The summed E-state index contributed by atoms with van der Waals surface area (Å²) in [6.07, 6.45) is 9.56. The summed E-state index contributed by atoms with van der Waals surface area (Å²) in [7, 11) is -2.40. The molecule has 0 spiro atoms. The average molecular weight is 442 g/mol. The van der Waals surface area contributed by atoms with Crippen molar-refractivity contribution in [3.63, 3.8) is 0 Å². The third-order valence-corrected chi connectivity index (χ3v) is 7.65. The molecular formula is C18H24BrN3O3S. The van der Waals surface area contributed by atoms with Crippen molar-refractivity contribution in [1.29, 1.82) is 0 Å². The minimum atomic E-state index is -2.40. The molecule has 0 aromatic carbocycles. The van der Waals surface area contributed by atoms with E-state index >= 15 is 0 Å². The van der Waals surface area contributed by atoms with E-state index in [1.807, 2.05) is 10.6 Å². The average Bonchev–Trinajstić information content (AvgIpc) is 2.89. The zero-order chi connectivity index (χ0) is 18.3. The first kappa shape index (κ1) is 18.3. The fourth-order valence-electron chi connectivity index (χ4n) is 3.96. The number of nitrogens with zero attached hydrogens (tertiary/aromatic N) is 3. The molecule has 8 heteroatoms. The highest BCUT2D eigenvalue weighted by Gasteiger charge is 2.26. The van der Waals surface area contributed by atoms with Gasteiger partial charge in [-0.3, -0.25) is 13.7 Å². The van der Waals surface area contributed by atoms with Gasteiger partial charge in [0.25, 0.3) is 0 Å². The predicted molar refractivity (Wildman–Crippen MR) is 110 cm³/mol. The van der Waals surface area contributed by atoms with Gasteiger partial charge in [-0.25, -0.2) is 14.3 Å². The molecule has 6 nitrogen and oxygen atoms in total. The van der Waals surface area contributed by atoms with Crippen LogP contribution in [0.2, 0.25) is 0 Å². The molecule has 0 radical (unpaired) electrons. The van der Waals surface area contributed by atoms with Gasteiger partial charge in [0, 0.05) is 34.4 Å². The Hall–Kier alpha value is -1.09. The van der Waals surface area contributed by atoms with Gasteiger partial charge >= 0.3 is 5.69 Å². The van der Waals surface area contributed by atoms with Crippen LogP contribution in [0, 0.1) is 5.92 Å². The molecule has 1 aliphatic heterocycles. The van der Waals surface area contributed by atoms with Gasteiger partial charge in [-0.15, -0.1) is 0 Å². The number of pyridine rings is 1. The van der Waals surface area contributed by atoms with Crippen LogP contribution >= 0.6 is 26.5 Å². The van der Waals surface area contributed by atoms with Gasteiger partial charge in [0.15, 0.2) is 5.65 Å². The second-order valence-corrected chi connectivity index (χ2v) is 10.7. The monoisotopic (exact) mass is 441 g/mol. The summed E-state index contributed by atoms with van der Waals surface area (Å²) in [5.41, 5.74) is 2.58. The molecule has 1 aliphatic carbocycles. The molecule has 26 heavy (non-hydrogen) atoms. The fourth-order valence-corrected chi connectivity index (χ4v) is 5.91. The van der Waals surface area contributed by atoms with E-state index in [0.29, 0.717) is 23.7 Å². The van der Waals surface area contributed by atoms with Crippen molar-refractivity contribution in [3.05, 3.63) is 33.3 Å². The van der Waals surface area contributed by atoms with Crippen LogP contribution in [0.4, 0.5) is 0 Å².